The maximum Gasteiger partial charge on any atom is 0.325 e. The van der Waals surface area contributed by atoms with Crippen molar-refractivity contribution < 1.29 is 22.7 Å². The Morgan fingerprint density at radius 2 is 2.12 bits per heavy atom. The number of carbonyl (C=O) groups excluding carboxylic acids is 2. The molecule has 0 aliphatic carbocycles. The van der Waals surface area contributed by atoms with Crippen molar-refractivity contribution in [1.29, 1.82) is 0 Å². The molecule has 0 N–H and O–H groups in total. The molecule has 7 heteroatoms. The van der Waals surface area contributed by atoms with Gasteiger partial charge in [0.25, 0.3) is 0 Å². The maximum atomic E-state index is 11.9. The monoisotopic (exact) mass is 249 g/mol. The Morgan fingerprint density at radius 1 is 1.50 bits per heavy atom. The van der Waals surface area contributed by atoms with Crippen LogP contribution in [0.3, 0.4) is 0 Å². The van der Waals surface area contributed by atoms with E-state index in [1.807, 2.05) is 0 Å². The van der Waals surface area contributed by atoms with Gasteiger partial charge in [-0.15, -0.1) is 0 Å². The summed E-state index contributed by atoms with van der Waals surface area (Å²) in [6.07, 6.45) is 0.907. The van der Waals surface area contributed by atoms with E-state index in [0.717, 1.165) is 11.4 Å². The van der Waals surface area contributed by atoms with Crippen molar-refractivity contribution in [2.75, 3.05) is 20.2 Å². The summed E-state index contributed by atoms with van der Waals surface area (Å²) in [6.45, 7) is 1.42. The van der Waals surface area contributed by atoms with Gasteiger partial charge in [-0.3, -0.25) is 9.59 Å². The maximum absolute atomic E-state index is 11.9. The number of carbonyl (C=O) groups is 2. The molecule has 0 aromatic rings. The molecule has 92 valence electrons. The lowest BCUT2D eigenvalue weighted by Gasteiger charge is -2.27. The lowest BCUT2D eigenvalue weighted by molar-refractivity contribution is -0.139. The Balaban J connectivity index is 2.84. The average molecular weight is 249 g/mol. The molecule has 1 fully saturated rings. The van der Waals surface area contributed by atoms with Gasteiger partial charge < -0.3 is 4.74 Å². The molecular weight excluding hydrogens is 234 g/mol. The molecule has 1 saturated heterocycles. The van der Waals surface area contributed by atoms with Gasteiger partial charge in [0.15, 0.2) is 5.25 Å². The number of hydrogen-bond acceptors (Lipinski definition) is 5. The minimum absolute atomic E-state index is 0.119. The molecule has 1 rings (SSSR count). The fourth-order valence-electron chi connectivity index (χ4n) is 1.54. The summed E-state index contributed by atoms with van der Waals surface area (Å²) >= 11 is 0. The number of hydrogen-bond donors (Lipinski definition) is 0. The van der Waals surface area contributed by atoms with Crippen molar-refractivity contribution in [3.63, 3.8) is 0 Å². The van der Waals surface area contributed by atoms with Crippen LogP contribution in [-0.2, 0) is 24.3 Å². The van der Waals surface area contributed by atoms with Crippen LogP contribution in [0.25, 0.3) is 0 Å². The first kappa shape index (κ1) is 13.1. The summed E-state index contributed by atoms with van der Waals surface area (Å²) in [5, 5.41) is -1.26. The number of ketones is 1. The molecule has 0 saturated carbocycles. The van der Waals surface area contributed by atoms with E-state index in [4.69, 9.17) is 0 Å². The van der Waals surface area contributed by atoms with Crippen molar-refractivity contribution in [2.24, 2.45) is 0 Å². The number of esters is 1. The van der Waals surface area contributed by atoms with Crippen LogP contribution in [-0.4, -0.2) is 49.9 Å². The molecule has 0 spiro atoms. The van der Waals surface area contributed by atoms with Crippen molar-refractivity contribution in [3.05, 3.63) is 0 Å². The van der Waals surface area contributed by atoms with E-state index in [2.05, 4.69) is 4.74 Å². The average Bonchev–Trinajstić information content (AvgIpc) is 2.27. The van der Waals surface area contributed by atoms with Gasteiger partial charge in [-0.25, -0.2) is 8.42 Å². The zero-order valence-corrected chi connectivity index (χ0v) is 10.1. The largest absolute Gasteiger partial charge is 0.468 e. The second kappa shape index (κ2) is 4.92. The molecule has 1 aliphatic rings. The van der Waals surface area contributed by atoms with Crippen LogP contribution in [0.4, 0.5) is 0 Å². The molecule has 0 aromatic heterocycles. The quantitative estimate of drug-likeness (QED) is 0.632. The number of Topliss-reactive ketones (excluding diaryl/α,β-unsaturated/α-hetero) is 1. The van der Waals surface area contributed by atoms with Crippen LogP contribution >= 0.6 is 0 Å². The standard InChI is InChI=1S/C9H15NO5S/c1-7(9(12)15-2)16(13,14)10-5-3-4-8(11)6-10/h7H,3-6H2,1-2H3. The molecule has 1 unspecified atom stereocenters. The van der Waals surface area contributed by atoms with Gasteiger partial charge in [-0.2, -0.15) is 4.31 Å². The lowest BCUT2D eigenvalue weighted by Crippen LogP contribution is -2.46. The summed E-state index contributed by atoms with van der Waals surface area (Å²) in [5.41, 5.74) is 0. The second-order valence-corrected chi connectivity index (χ2v) is 5.94. The summed E-state index contributed by atoms with van der Waals surface area (Å²) in [6, 6.07) is 0. The summed E-state index contributed by atoms with van der Waals surface area (Å²) in [5.74, 6) is -0.926. The SMILES string of the molecule is COC(=O)C(C)S(=O)(=O)N1CCCC(=O)C1. The Kier molecular flexibility index (Phi) is 4.03. The molecular formula is C9H15NO5S. The molecule has 6 nitrogen and oxygen atoms in total. The van der Waals surface area contributed by atoms with Crippen molar-refractivity contribution in [3.8, 4) is 0 Å². The van der Waals surface area contributed by atoms with Gasteiger partial charge in [0.05, 0.1) is 13.7 Å². The number of piperidine rings is 1. The molecule has 0 aromatic carbocycles. The van der Waals surface area contributed by atoms with Crippen LogP contribution in [0.5, 0.6) is 0 Å². The van der Waals surface area contributed by atoms with E-state index >= 15 is 0 Å². The first-order chi connectivity index (χ1) is 7.39. The van der Waals surface area contributed by atoms with Crippen LogP contribution in [0, 0.1) is 0 Å². The molecule has 0 bridgehead atoms. The van der Waals surface area contributed by atoms with Gasteiger partial charge in [0, 0.05) is 13.0 Å². The van der Waals surface area contributed by atoms with Crippen LogP contribution in [0.1, 0.15) is 19.8 Å². The van der Waals surface area contributed by atoms with Crippen LogP contribution in [0.2, 0.25) is 0 Å². The smallest absolute Gasteiger partial charge is 0.325 e. The molecule has 1 aliphatic heterocycles. The van der Waals surface area contributed by atoms with Crippen molar-refractivity contribution in [1.82, 2.24) is 4.31 Å². The van der Waals surface area contributed by atoms with Crippen LogP contribution in [0.15, 0.2) is 0 Å². The zero-order chi connectivity index (χ0) is 12.3. The molecule has 1 atom stereocenters. The number of methoxy groups -OCH3 is 1. The number of sulfonamides is 1. The Morgan fingerprint density at radius 3 is 2.62 bits per heavy atom. The number of rotatable bonds is 3. The van der Waals surface area contributed by atoms with Gasteiger partial charge in [0.1, 0.15) is 5.78 Å². The zero-order valence-electron chi connectivity index (χ0n) is 9.30. The van der Waals surface area contributed by atoms with E-state index in [-0.39, 0.29) is 18.9 Å². The highest BCUT2D eigenvalue weighted by atomic mass is 32.2. The minimum atomic E-state index is -3.77. The number of ether oxygens (including phenoxy) is 1. The highest BCUT2D eigenvalue weighted by Crippen LogP contribution is 2.15. The Hall–Kier alpha value is -0.950. The number of nitrogens with zero attached hydrogens (tertiary/aromatic N) is 1. The predicted octanol–water partition coefficient (Wildman–Crippen LogP) is -0.457. The van der Waals surface area contributed by atoms with Crippen molar-refractivity contribution >= 4 is 21.8 Å². The summed E-state index contributed by atoms with van der Waals surface area (Å²) < 4.78 is 29.3. The van der Waals surface area contributed by atoms with E-state index in [9.17, 15) is 18.0 Å². The molecule has 16 heavy (non-hydrogen) atoms. The fraction of sp³-hybridized carbons (Fsp3) is 0.778. The molecule has 0 radical (unpaired) electrons. The third kappa shape index (κ3) is 2.59. The Bertz CT molecular complexity index is 389. The van der Waals surface area contributed by atoms with E-state index in [1.165, 1.54) is 6.92 Å². The third-order valence-electron chi connectivity index (χ3n) is 2.56. The van der Waals surface area contributed by atoms with Crippen LogP contribution < -0.4 is 0 Å². The van der Waals surface area contributed by atoms with Crippen molar-refractivity contribution in [2.45, 2.75) is 25.0 Å². The first-order valence-electron chi connectivity index (χ1n) is 4.98. The topological polar surface area (TPSA) is 80.8 Å². The van der Waals surface area contributed by atoms with Gasteiger partial charge in [-0.1, -0.05) is 0 Å². The Labute approximate surface area is 94.6 Å². The predicted molar refractivity (Wildman–Crippen MR) is 56.2 cm³/mol. The molecule has 0 amide bonds. The third-order valence-corrected chi connectivity index (χ3v) is 4.67. The van der Waals surface area contributed by atoms with Gasteiger partial charge >= 0.3 is 5.97 Å². The first-order valence-corrected chi connectivity index (χ1v) is 6.48. The van der Waals surface area contributed by atoms with Gasteiger partial charge in [-0.05, 0) is 13.3 Å². The van der Waals surface area contributed by atoms with E-state index < -0.39 is 21.2 Å². The normalized spacial score (nSPS) is 20.5. The summed E-state index contributed by atoms with van der Waals surface area (Å²) in [4.78, 5) is 22.3. The van der Waals surface area contributed by atoms with E-state index in [0.29, 0.717) is 12.8 Å². The fourth-order valence-corrected chi connectivity index (χ4v) is 3.03. The highest BCUT2D eigenvalue weighted by Gasteiger charge is 2.36. The highest BCUT2D eigenvalue weighted by molar-refractivity contribution is 7.90. The second-order valence-electron chi connectivity index (χ2n) is 3.69. The lowest BCUT2D eigenvalue weighted by atomic mass is 10.1. The van der Waals surface area contributed by atoms with Gasteiger partial charge in [0.2, 0.25) is 10.0 Å². The molecule has 1 heterocycles. The minimum Gasteiger partial charge on any atom is -0.468 e. The summed E-state index contributed by atoms with van der Waals surface area (Å²) in [7, 11) is -2.63. The van der Waals surface area contributed by atoms with E-state index in [1.54, 1.807) is 0 Å².